The van der Waals surface area contributed by atoms with Gasteiger partial charge < -0.3 is 0 Å². The highest BCUT2D eigenvalue weighted by Gasteiger charge is 2.35. The number of rotatable bonds is 6. The van der Waals surface area contributed by atoms with E-state index in [0.717, 1.165) is 32.6 Å². The van der Waals surface area contributed by atoms with Gasteiger partial charge in [-0.1, -0.05) is 47.2 Å². The van der Waals surface area contributed by atoms with E-state index in [2.05, 4.69) is 24.0 Å². The van der Waals surface area contributed by atoms with E-state index in [0.29, 0.717) is 42.5 Å². The summed E-state index contributed by atoms with van der Waals surface area (Å²) in [6, 6.07) is 16.7. The fourth-order valence-corrected chi connectivity index (χ4v) is 7.27. The third-order valence-electron chi connectivity index (χ3n) is 6.94. The van der Waals surface area contributed by atoms with Crippen molar-refractivity contribution in [2.45, 2.75) is 45.1 Å². The zero-order valence-electron chi connectivity index (χ0n) is 21.2. The first-order valence-corrected chi connectivity index (χ1v) is 14.6. The average molecular weight is 535 g/mol. The van der Waals surface area contributed by atoms with E-state index in [4.69, 9.17) is 4.98 Å². The Hall–Kier alpha value is -3.14. The van der Waals surface area contributed by atoms with E-state index >= 15 is 0 Å². The van der Waals surface area contributed by atoms with Crippen LogP contribution in [0.15, 0.2) is 65.7 Å². The van der Waals surface area contributed by atoms with Gasteiger partial charge in [0, 0.05) is 25.2 Å². The second-order valence-corrected chi connectivity index (χ2v) is 12.5. The summed E-state index contributed by atoms with van der Waals surface area (Å²) in [6.45, 7) is 6.95. The van der Waals surface area contributed by atoms with Gasteiger partial charge in [-0.15, -0.1) is 0 Å². The summed E-state index contributed by atoms with van der Waals surface area (Å²) in [5, 5.41) is 0.651. The number of pyridine rings is 1. The zero-order chi connectivity index (χ0) is 26.2. The molecule has 0 atom stereocenters. The number of carbonyl (C=O) groups excluding carboxylic acids is 1. The maximum atomic E-state index is 13.9. The molecule has 0 unspecified atom stereocenters. The molecule has 1 amide bonds. The summed E-state index contributed by atoms with van der Waals surface area (Å²) in [7, 11) is -3.59. The smallest absolute Gasteiger partial charge is 0.243 e. The molecule has 2 aromatic carbocycles. The number of fused-ring (bicyclic) bond motifs is 1. The molecule has 1 fully saturated rings. The Labute approximate surface area is 221 Å². The number of hydrogen-bond donors (Lipinski definition) is 0. The summed E-state index contributed by atoms with van der Waals surface area (Å²) in [4.78, 5) is 25.3. The van der Waals surface area contributed by atoms with Crippen molar-refractivity contribution in [3.05, 3.63) is 83.2 Å². The molecule has 1 saturated heterocycles. The van der Waals surface area contributed by atoms with Gasteiger partial charge in [-0.05, 0) is 69.0 Å². The predicted octanol–water partition coefficient (Wildman–Crippen LogP) is 5.25. The SMILES string of the molecule is Cc1ccc(S(=O)(=O)N2CCC(C(=O)N(Cc3ccccn3)c3nc4c(C)ccc(C)c4s3)CC2)cc1. The van der Waals surface area contributed by atoms with E-state index in [1.807, 2.05) is 32.0 Å². The van der Waals surface area contributed by atoms with Crippen molar-refractivity contribution in [3.63, 3.8) is 0 Å². The van der Waals surface area contributed by atoms with E-state index in [1.54, 1.807) is 35.4 Å². The van der Waals surface area contributed by atoms with Gasteiger partial charge >= 0.3 is 0 Å². The van der Waals surface area contributed by atoms with Gasteiger partial charge in [-0.25, -0.2) is 13.4 Å². The monoisotopic (exact) mass is 534 g/mol. The molecule has 0 saturated carbocycles. The Balaban J connectivity index is 1.39. The van der Waals surface area contributed by atoms with Crippen molar-refractivity contribution < 1.29 is 13.2 Å². The summed E-state index contributed by atoms with van der Waals surface area (Å²) in [5.74, 6) is -0.324. The van der Waals surface area contributed by atoms with Crippen LogP contribution in [0.3, 0.4) is 0 Å². The zero-order valence-corrected chi connectivity index (χ0v) is 22.8. The van der Waals surface area contributed by atoms with Crippen LogP contribution in [0.1, 0.15) is 35.2 Å². The maximum absolute atomic E-state index is 13.9. The van der Waals surface area contributed by atoms with Crippen LogP contribution in [-0.2, 0) is 21.4 Å². The molecule has 9 heteroatoms. The van der Waals surface area contributed by atoms with Crippen LogP contribution in [0, 0.1) is 26.7 Å². The number of thiazole rings is 1. The predicted molar refractivity (Wildman–Crippen MR) is 147 cm³/mol. The minimum absolute atomic E-state index is 0.0348. The summed E-state index contributed by atoms with van der Waals surface area (Å²) in [5.41, 5.74) is 4.91. The molecule has 192 valence electrons. The van der Waals surface area contributed by atoms with Crippen LogP contribution in [0.5, 0.6) is 0 Å². The second kappa shape index (κ2) is 10.3. The van der Waals surface area contributed by atoms with Gasteiger partial charge in [-0.2, -0.15) is 4.31 Å². The molecule has 0 radical (unpaired) electrons. The molecule has 0 aliphatic carbocycles. The van der Waals surface area contributed by atoms with Crippen molar-refractivity contribution in [1.29, 1.82) is 0 Å². The molecular weight excluding hydrogens is 504 g/mol. The highest BCUT2D eigenvalue weighted by molar-refractivity contribution is 7.89. The van der Waals surface area contributed by atoms with Crippen molar-refractivity contribution >= 4 is 42.6 Å². The largest absolute Gasteiger partial charge is 0.282 e. The van der Waals surface area contributed by atoms with Gasteiger partial charge in [-0.3, -0.25) is 14.7 Å². The number of carbonyl (C=O) groups is 1. The fraction of sp³-hybridized carbons (Fsp3) is 0.321. The van der Waals surface area contributed by atoms with Crippen LogP contribution in [0.2, 0.25) is 0 Å². The summed E-state index contributed by atoms with van der Waals surface area (Å²) >= 11 is 1.52. The topological polar surface area (TPSA) is 83.5 Å². The molecular formula is C28H30N4O3S2. The lowest BCUT2D eigenvalue weighted by Crippen LogP contribution is -2.44. The Morgan fingerprint density at radius 2 is 1.70 bits per heavy atom. The fourth-order valence-electron chi connectivity index (χ4n) is 4.68. The molecule has 1 aliphatic rings. The van der Waals surface area contributed by atoms with Crippen molar-refractivity contribution in [2.75, 3.05) is 18.0 Å². The minimum atomic E-state index is -3.59. The van der Waals surface area contributed by atoms with Gasteiger partial charge in [0.05, 0.1) is 27.4 Å². The summed E-state index contributed by atoms with van der Waals surface area (Å²) in [6.07, 6.45) is 2.65. The molecule has 37 heavy (non-hydrogen) atoms. The van der Waals surface area contributed by atoms with E-state index in [1.165, 1.54) is 15.6 Å². The molecule has 5 rings (SSSR count). The first-order chi connectivity index (χ1) is 17.7. The number of piperidine rings is 1. The first-order valence-electron chi connectivity index (χ1n) is 12.4. The molecule has 2 aromatic heterocycles. The molecule has 1 aliphatic heterocycles. The van der Waals surface area contributed by atoms with E-state index in [-0.39, 0.29) is 11.8 Å². The molecule has 3 heterocycles. The molecule has 7 nitrogen and oxygen atoms in total. The van der Waals surface area contributed by atoms with E-state index in [9.17, 15) is 13.2 Å². The lowest BCUT2D eigenvalue weighted by atomic mass is 9.96. The van der Waals surface area contributed by atoms with Crippen LogP contribution in [-0.4, -0.2) is 41.7 Å². The second-order valence-electron chi connectivity index (χ2n) is 9.61. The highest BCUT2D eigenvalue weighted by atomic mass is 32.2. The minimum Gasteiger partial charge on any atom is -0.282 e. The van der Waals surface area contributed by atoms with Crippen LogP contribution >= 0.6 is 11.3 Å². The number of hydrogen-bond acceptors (Lipinski definition) is 6. The van der Waals surface area contributed by atoms with Crippen LogP contribution in [0.4, 0.5) is 5.13 Å². The number of benzene rings is 2. The Morgan fingerprint density at radius 3 is 2.35 bits per heavy atom. The van der Waals surface area contributed by atoms with Gasteiger partial charge in [0.15, 0.2) is 5.13 Å². The maximum Gasteiger partial charge on any atom is 0.243 e. The Bertz CT molecular complexity index is 1490. The van der Waals surface area contributed by atoms with Gasteiger partial charge in [0.2, 0.25) is 15.9 Å². The van der Waals surface area contributed by atoms with Crippen LogP contribution < -0.4 is 4.90 Å². The lowest BCUT2D eigenvalue weighted by Gasteiger charge is -2.33. The first kappa shape index (κ1) is 25.5. The third kappa shape index (κ3) is 5.16. The van der Waals surface area contributed by atoms with Crippen molar-refractivity contribution in [1.82, 2.24) is 14.3 Å². The number of sulfonamides is 1. The number of anilines is 1. The molecule has 4 aromatic rings. The van der Waals surface area contributed by atoms with Crippen molar-refractivity contribution in [3.8, 4) is 0 Å². The quantitative estimate of drug-likeness (QED) is 0.337. The lowest BCUT2D eigenvalue weighted by molar-refractivity contribution is -0.123. The normalized spacial score (nSPS) is 15.2. The van der Waals surface area contributed by atoms with Gasteiger partial charge in [0.25, 0.3) is 0 Å². The Morgan fingerprint density at radius 1 is 1.00 bits per heavy atom. The average Bonchev–Trinajstić information content (AvgIpc) is 3.37. The van der Waals surface area contributed by atoms with Crippen LogP contribution in [0.25, 0.3) is 10.2 Å². The Kier molecular flexibility index (Phi) is 7.11. The highest BCUT2D eigenvalue weighted by Crippen LogP contribution is 2.35. The molecule has 0 bridgehead atoms. The molecule has 0 N–H and O–H groups in total. The van der Waals surface area contributed by atoms with E-state index < -0.39 is 10.0 Å². The third-order valence-corrected chi connectivity index (χ3v) is 10.1. The molecule has 0 spiro atoms. The van der Waals surface area contributed by atoms with Crippen molar-refractivity contribution in [2.24, 2.45) is 5.92 Å². The number of amides is 1. The van der Waals surface area contributed by atoms with Gasteiger partial charge in [0.1, 0.15) is 0 Å². The number of aromatic nitrogens is 2. The number of aryl methyl sites for hydroxylation is 3. The number of nitrogens with zero attached hydrogens (tertiary/aromatic N) is 4. The summed E-state index contributed by atoms with van der Waals surface area (Å²) < 4.78 is 28.9. The standard InChI is InChI=1S/C28H30N4O3S2/c1-19-7-11-24(12-8-19)37(34,35)31-16-13-22(14-17-31)27(33)32(18-23-6-4-5-15-29-23)28-30-25-20(2)9-10-21(3)26(25)36-28/h4-12,15,22H,13-14,16-18H2,1-3H3.